The van der Waals surface area contributed by atoms with E-state index in [1.165, 1.54) is 6.20 Å². The van der Waals surface area contributed by atoms with Gasteiger partial charge in [0.2, 0.25) is 0 Å². The predicted molar refractivity (Wildman–Crippen MR) is 77.4 cm³/mol. The van der Waals surface area contributed by atoms with E-state index < -0.39 is 5.97 Å². The van der Waals surface area contributed by atoms with Gasteiger partial charge in [-0.05, 0) is 24.4 Å². The van der Waals surface area contributed by atoms with Crippen LogP contribution in [0.25, 0.3) is 11.0 Å². The van der Waals surface area contributed by atoms with Gasteiger partial charge in [0.1, 0.15) is 16.6 Å². The van der Waals surface area contributed by atoms with E-state index in [-0.39, 0.29) is 0 Å². The Morgan fingerprint density at radius 2 is 2.40 bits per heavy atom. The fourth-order valence-electron chi connectivity index (χ4n) is 1.86. The third-order valence-electron chi connectivity index (χ3n) is 2.74. The number of carbonyl (C=O) groups is 1. The summed E-state index contributed by atoms with van der Waals surface area (Å²) in [5.74, 6) is -0.407. The number of nitrogens with one attached hydrogen (secondary N) is 2. The number of pyridine rings is 1. The van der Waals surface area contributed by atoms with E-state index in [1.807, 2.05) is 17.5 Å². The maximum absolute atomic E-state index is 12.0. The van der Waals surface area contributed by atoms with Crippen molar-refractivity contribution in [1.29, 1.82) is 0 Å². The minimum Gasteiger partial charge on any atom is -0.462 e. The number of ether oxygens (including phenoxy) is 1. The van der Waals surface area contributed by atoms with Gasteiger partial charge in [0, 0.05) is 6.20 Å². The van der Waals surface area contributed by atoms with Crippen LogP contribution in [0.5, 0.6) is 0 Å². The highest BCUT2D eigenvalue weighted by molar-refractivity contribution is 7.14. The number of H-pyrrole nitrogens is 1. The van der Waals surface area contributed by atoms with Gasteiger partial charge in [-0.1, -0.05) is 0 Å². The summed E-state index contributed by atoms with van der Waals surface area (Å²) in [6, 6.07) is 3.87. The van der Waals surface area contributed by atoms with Crippen molar-refractivity contribution in [3.8, 4) is 0 Å². The third kappa shape index (κ3) is 2.23. The lowest BCUT2D eigenvalue weighted by molar-refractivity contribution is 0.0527. The number of anilines is 2. The molecule has 0 bridgehead atoms. The van der Waals surface area contributed by atoms with Gasteiger partial charge >= 0.3 is 5.97 Å². The first kappa shape index (κ1) is 12.6. The van der Waals surface area contributed by atoms with Gasteiger partial charge in [-0.25, -0.2) is 4.79 Å². The number of hydrogen-bond donors (Lipinski definition) is 2. The molecule has 0 atom stereocenters. The lowest BCUT2D eigenvalue weighted by Gasteiger charge is -2.10. The smallest absolute Gasteiger partial charge is 0.341 e. The van der Waals surface area contributed by atoms with E-state index in [0.29, 0.717) is 28.9 Å². The van der Waals surface area contributed by atoms with Crippen molar-refractivity contribution in [2.75, 3.05) is 11.9 Å². The summed E-state index contributed by atoms with van der Waals surface area (Å²) >= 11 is 1.54. The van der Waals surface area contributed by atoms with Gasteiger partial charge < -0.3 is 10.1 Å². The molecule has 20 heavy (non-hydrogen) atoms. The second-order valence-corrected chi connectivity index (χ2v) is 4.95. The predicted octanol–water partition coefficient (Wildman–Crippen LogP) is 2.94. The summed E-state index contributed by atoms with van der Waals surface area (Å²) in [5, 5.41) is 12.9. The molecule has 6 nitrogen and oxygen atoms in total. The first-order chi connectivity index (χ1) is 9.79. The fraction of sp³-hybridized carbons (Fsp3) is 0.154. The molecule has 0 aliphatic carbocycles. The van der Waals surface area contributed by atoms with Crippen molar-refractivity contribution < 1.29 is 9.53 Å². The second kappa shape index (κ2) is 5.30. The van der Waals surface area contributed by atoms with Crippen molar-refractivity contribution in [2.45, 2.75) is 6.92 Å². The van der Waals surface area contributed by atoms with E-state index >= 15 is 0 Å². The highest BCUT2D eigenvalue weighted by atomic mass is 32.1. The maximum Gasteiger partial charge on any atom is 0.341 e. The van der Waals surface area contributed by atoms with Gasteiger partial charge in [-0.15, -0.1) is 11.3 Å². The molecule has 0 amide bonds. The Hall–Kier alpha value is -2.41. The van der Waals surface area contributed by atoms with Crippen LogP contribution in [0.4, 0.5) is 10.7 Å². The van der Waals surface area contributed by atoms with Crippen LogP contribution in [0.15, 0.2) is 29.9 Å². The van der Waals surface area contributed by atoms with Gasteiger partial charge in [0.15, 0.2) is 0 Å². The molecule has 0 spiro atoms. The third-order valence-corrected chi connectivity index (χ3v) is 3.52. The Kier molecular flexibility index (Phi) is 3.34. The number of esters is 1. The van der Waals surface area contributed by atoms with E-state index in [2.05, 4.69) is 20.5 Å². The van der Waals surface area contributed by atoms with E-state index in [0.717, 1.165) is 5.00 Å². The van der Waals surface area contributed by atoms with Crippen LogP contribution in [0.1, 0.15) is 17.3 Å². The lowest BCUT2D eigenvalue weighted by atomic mass is 10.2. The molecule has 0 unspecified atom stereocenters. The zero-order valence-electron chi connectivity index (χ0n) is 10.7. The van der Waals surface area contributed by atoms with Crippen LogP contribution >= 0.6 is 11.3 Å². The topological polar surface area (TPSA) is 79.9 Å². The number of aromatic nitrogens is 3. The van der Waals surface area contributed by atoms with Crippen LogP contribution in [0.2, 0.25) is 0 Å². The summed E-state index contributed by atoms with van der Waals surface area (Å²) < 4.78 is 5.06. The molecule has 3 aromatic heterocycles. The standard InChI is InChI=1S/C13H12N4O2S/c1-2-19-13(18)8-6-14-9-7-15-17-12(9)11(8)16-10-4-3-5-20-10/h3-7H,2H2,1H3,(H,14,16)(H,15,17). The summed E-state index contributed by atoms with van der Waals surface area (Å²) in [6.45, 7) is 2.09. The molecule has 0 fully saturated rings. The van der Waals surface area contributed by atoms with E-state index in [4.69, 9.17) is 4.74 Å². The number of carbonyl (C=O) groups excluding carboxylic acids is 1. The molecule has 0 aromatic carbocycles. The average Bonchev–Trinajstić information content (AvgIpc) is 3.09. The number of rotatable bonds is 4. The van der Waals surface area contributed by atoms with Crippen LogP contribution in [-0.2, 0) is 4.74 Å². The molecule has 3 aromatic rings. The lowest BCUT2D eigenvalue weighted by Crippen LogP contribution is -2.08. The highest BCUT2D eigenvalue weighted by Gasteiger charge is 2.18. The van der Waals surface area contributed by atoms with Crippen LogP contribution in [0, 0.1) is 0 Å². The number of aromatic amines is 1. The second-order valence-electron chi connectivity index (χ2n) is 4.00. The van der Waals surface area contributed by atoms with Crippen molar-refractivity contribution in [1.82, 2.24) is 15.2 Å². The molecule has 3 rings (SSSR count). The van der Waals surface area contributed by atoms with Gasteiger partial charge in [-0.2, -0.15) is 5.10 Å². The van der Waals surface area contributed by atoms with E-state index in [9.17, 15) is 4.79 Å². The fourth-order valence-corrected chi connectivity index (χ4v) is 2.48. The van der Waals surface area contributed by atoms with Gasteiger partial charge in [0.25, 0.3) is 0 Å². The minimum absolute atomic E-state index is 0.318. The Morgan fingerprint density at radius 1 is 1.50 bits per heavy atom. The zero-order chi connectivity index (χ0) is 13.9. The maximum atomic E-state index is 12.0. The number of nitrogens with zero attached hydrogens (tertiary/aromatic N) is 2. The molecule has 0 saturated carbocycles. The molecular formula is C13H12N4O2S. The molecule has 0 radical (unpaired) electrons. The summed E-state index contributed by atoms with van der Waals surface area (Å²) in [5.41, 5.74) is 2.39. The van der Waals surface area contributed by atoms with Gasteiger partial charge in [-0.3, -0.25) is 10.1 Å². The Labute approximate surface area is 118 Å². The van der Waals surface area contributed by atoms with Crippen molar-refractivity contribution in [3.05, 3.63) is 35.5 Å². The molecular weight excluding hydrogens is 276 g/mol. The largest absolute Gasteiger partial charge is 0.462 e. The molecule has 7 heteroatoms. The first-order valence-electron chi connectivity index (χ1n) is 6.09. The molecule has 102 valence electrons. The molecule has 0 aliphatic heterocycles. The number of fused-ring (bicyclic) bond motifs is 1. The quantitative estimate of drug-likeness (QED) is 0.721. The monoisotopic (exact) mass is 288 g/mol. The number of hydrogen-bond acceptors (Lipinski definition) is 6. The van der Waals surface area contributed by atoms with Gasteiger partial charge in [0.05, 0.1) is 23.5 Å². The Bertz CT molecular complexity index is 736. The average molecular weight is 288 g/mol. The molecule has 2 N–H and O–H groups in total. The first-order valence-corrected chi connectivity index (χ1v) is 6.97. The van der Waals surface area contributed by atoms with Crippen LogP contribution in [-0.4, -0.2) is 27.8 Å². The summed E-state index contributed by atoms with van der Waals surface area (Å²) in [4.78, 5) is 16.2. The number of thiophene rings is 1. The summed E-state index contributed by atoms with van der Waals surface area (Å²) in [7, 11) is 0. The SMILES string of the molecule is CCOC(=O)c1cnc2cn[nH]c2c1Nc1cccs1. The normalized spacial score (nSPS) is 10.7. The molecule has 0 aliphatic rings. The zero-order valence-corrected chi connectivity index (χ0v) is 11.5. The van der Waals surface area contributed by atoms with Crippen molar-refractivity contribution >= 4 is 39.0 Å². The summed E-state index contributed by atoms with van der Waals surface area (Å²) in [6.07, 6.45) is 3.12. The van der Waals surface area contributed by atoms with E-state index in [1.54, 1.807) is 24.5 Å². The minimum atomic E-state index is -0.407. The van der Waals surface area contributed by atoms with Crippen molar-refractivity contribution in [3.63, 3.8) is 0 Å². The Morgan fingerprint density at radius 3 is 3.15 bits per heavy atom. The van der Waals surface area contributed by atoms with Crippen LogP contribution in [0.3, 0.4) is 0 Å². The molecule has 0 saturated heterocycles. The molecule has 3 heterocycles. The Balaban J connectivity index is 2.11. The van der Waals surface area contributed by atoms with Crippen molar-refractivity contribution in [2.24, 2.45) is 0 Å². The highest BCUT2D eigenvalue weighted by Crippen LogP contribution is 2.29. The van der Waals surface area contributed by atoms with Crippen LogP contribution < -0.4 is 5.32 Å².